The van der Waals surface area contributed by atoms with E-state index in [2.05, 4.69) is 0 Å². The van der Waals surface area contributed by atoms with Gasteiger partial charge in [0, 0.05) is 19.1 Å². The minimum Gasteiger partial charge on any atom is -0.484 e. The van der Waals surface area contributed by atoms with Crippen LogP contribution in [0.2, 0.25) is 0 Å². The fraction of sp³-hybridized carbons (Fsp3) is 0.421. The van der Waals surface area contributed by atoms with Crippen LogP contribution in [0.3, 0.4) is 0 Å². The number of thioether (sulfide) groups is 1. The molecule has 2 aliphatic rings. The largest absolute Gasteiger partial charge is 0.484 e. The summed E-state index contributed by atoms with van der Waals surface area (Å²) in [6.07, 6.45) is 3.98. The number of benzene rings is 1. The molecule has 2 amide bonds. The molecule has 5 nitrogen and oxygen atoms in total. The van der Waals surface area contributed by atoms with Gasteiger partial charge >= 0.3 is 0 Å². The topological polar surface area (TPSA) is 49.9 Å². The van der Waals surface area contributed by atoms with Crippen molar-refractivity contribution in [2.24, 2.45) is 0 Å². The highest BCUT2D eigenvalue weighted by Crippen LogP contribution is 2.33. The maximum Gasteiger partial charge on any atom is 0.266 e. The predicted octanol–water partition coefficient (Wildman–Crippen LogP) is 3.30. The second-order valence-corrected chi connectivity index (χ2v) is 8.27. The van der Waals surface area contributed by atoms with Crippen LogP contribution < -0.4 is 4.74 Å². The Morgan fingerprint density at radius 1 is 1.27 bits per heavy atom. The first-order valence-corrected chi connectivity index (χ1v) is 9.96. The second-order valence-electron chi connectivity index (χ2n) is 6.59. The Bertz CT molecular complexity index is 738. The Kier molecular flexibility index (Phi) is 5.98. The minimum absolute atomic E-state index is 0.0314. The van der Waals surface area contributed by atoms with Crippen LogP contribution in [0.15, 0.2) is 29.2 Å². The van der Waals surface area contributed by atoms with Crippen LogP contribution in [-0.4, -0.2) is 51.7 Å². The van der Waals surface area contributed by atoms with Crippen molar-refractivity contribution in [1.29, 1.82) is 0 Å². The van der Waals surface area contributed by atoms with E-state index in [0.29, 0.717) is 15.0 Å². The zero-order valence-corrected chi connectivity index (χ0v) is 16.6. The van der Waals surface area contributed by atoms with E-state index in [9.17, 15) is 9.59 Å². The third-order valence-electron chi connectivity index (χ3n) is 4.34. The molecular formula is C19H22N2O3S2. The lowest BCUT2D eigenvalue weighted by Crippen LogP contribution is -2.34. The average molecular weight is 391 g/mol. The number of likely N-dealkylation sites (tertiary alicyclic amines) is 1. The molecule has 0 unspecified atom stereocenters. The molecule has 138 valence electrons. The predicted molar refractivity (Wildman–Crippen MR) is 108 cm³/mol. The maximum absolute atomic E-state index is 12.4. The van der Waals surface area contributed by atoms with E-state index in [1.165, 1.54) is 11.8 Å². The Labute approximate surface area is 163 Å². The summed E-state index contributed by atoms with van der Waals surface area (Å²) in [6, 6.07) is 7.42. The highest BCUT2D eigenvalue weighted by molar-refractivity contribution is 8.26. The average Bonchev–Trinajstić information content (AvgIpc) is 3.23. The number of carbonyl (C=O) groups excluding carboxylic acids is 2. The molecule has 2 saturated heterocycles. The molecule has 0 aromatic heterocycles. The maximum atomic E-state index is 12.4. The van der Waals surface area contributed by atoms with Crippen molar-refractivity contribution in [1.82, 2.24) is 9.80 Å². The van der Waals surface area contributed by atoms with Gasteiger partial charge in [0.2, 0.25) is 0 Å². The van der Waals surface area contributed by atoms with E-state index in [-0.39, 0.29) is 24.5 Å². The highest BCUT2D eigenvalue weighted by Gasteiger charge is 2.33. The molecule has 1 aromatic rings. The summed E-state index contributed by atoms with van der Waals surface area (Å²) in [5, 5.41) is 0. The standard InChI is InChI=1S/C19H22N2O3S2/c1-13(2)21-18(23)16(26-19(21)25)11-14-5-7-15(8-6-14)24-12-17(22)20-9-3-4-10-20/h5-8,11,13H,3-4,9-10,12H2,1-2H3/b16-11-. The van der Waals surface area contributed by atoms with Crippen molar-refractivity contribution in [2.75, 3.05) is 19.7 Å². The van der Waals surface area contributed by atoms with E-state index in [1.807, 2.05) is 49.1 Å². The van der Waals surface area contributed by atoms with Crippen molar-refractivity contribution in [2.45, 2.75) is 32.7 Å². The highest BCUT2D eigenvalue weighted by atomic mass is 32.2. The zero-order valence-electron chi connectivity index (χ0n) is 14.9. The number of nitrogens with zero attached hydrogens (tertiary/aromatic N) is 2. The SMILES string of the molecule is CC(C)N1C(=O)/C(=C/c2ccc(OCC(=O)N3CCCC3)cc2)SC1=S. The molecule has 2 fully saturated rings. The normalized spacial score (nSPS) is 19.1. The molecule has 7 heteroatoms. The first-order chi connectivity index (χ1) is 12.5. The zero-order chi connectivity index (χ0) is 18.7. The lowest BCUT2D eigenvalue weighted by Gasteiger charge is -2.18. The van der Waals surface area contributed by atoms with Crippen LogP contribution in [0.25, 0.3) is 6.08 Å². The first-order valence-electron chi connectivity index (χ1n) is 8.73. The van der Waals surface area contributed by atoms with Gasteiger partial charge in [-0.05, 0) is 50.5 Å². The monoisotopic (exact) mass is 390 g/mol. The number of rotatable bonds is 5. The van der Waals surface area contributed by atoms with Crippen molar-refractivity contribution in [3.05, 3.63) is 34.7 Å². The minimum atomic E-state index is -0.0495. The number of hydrogen-bond donors (Lipinski definition) is 0. The fourth-order valence-electron chi connectivity index (χ4n) is 2.94. The number of amides is 2. The lowest BCUT2D eigenvalue weighted by atomic mass is 10.2. The molecule has 0 spiro atoms. The van der Waals surface area contributed by atoms with Gasteiger partial charge in [0.15, 0.2) is 6.61 Å². The van der Waals surface area contributed by atoms with Gasteiger partial charge < -0.3 is 9.64 Å². The molecule has 1 aromatic carbocycles. The van der Waals surface area contributed by atoms with Gasteiger partial charge in [-0.3, -0.25) is 14.5 Å². The Morgan fingerprint density at radius 2 is 1.92 bits per heavy atom. The van der Waals surface area contributed by atoms with E-state index >= 15 is 0 Å². The molecule has 0 bridgehead atoms. The summed E-state index contributed by atoms with van der Waals surface area (Å²) in [5.74, 6) is 0.625. The molecule has 2 heterocycles. The lowest BCUT2D eigenvalue weighted by molar-refractivity contribution is -0.132. The fourth-order valence-corrected chi connectivity index (χ4v) is 4.46. The van der Waals surface area contributed by atoms with E-state index < -0.39 is 0 Å². The third-order valence-corrected chi connectivity index (χ3v) is 5.67. The van der Waals surface area contributed by atoms with Crippen molar-refractivity contribution < 1.29 is 14.3 Å². The van der Waals surface area contributed by atoms with Gasteiger partial charge in [0.1, 0.15) is 10.1 Å². The number of carbonyl (C=O) groups is 2. The van der Waals surface area contributed by atoms with E-state index in [1.54, 1.807) is 4.90 Å². The number of thiocarbonyl (C=S) groups is 1. The molecule has 0 saturated carbocycles. The van der Waals surface area contributed by atoms with Crippen LogP contribution in [0.5, 0.6) is 5.75 Å². The van der Waals surface area contributed by atoms with Gasteiger partial charge in [-0.25, -0.2) is 0 Å². The van der Waals surface area contributed by atoms with Gasteiger partial charge in [-0.15, -0.1) is 0 Å². The Balaban J connectivity index is 1.60. The molecule has 0 N–H and O–H groups in total. The van der Waals surface area contributed by atoms with Crippen LogP contribution in [0.1, 0.15) is 32.3 Å². The first kappa shape index (κ1) is 18.9. The van der Waals surface area contributed by atoms with Crippen LogP contribution in [-0.2, 0) is 9.59 Å². The van der Waals surface area contributed by atoms with Gasteiger partial charge in [0.05, 0.1) is 4.91 Å². The second kappa shape index (κ2) is 8.22. The molecule has 0 atom stereocenters. The summed E-state index contributed by atoms with van der Waals surface area (Å²) in [5.41, 5.74) is 0.896. The number of ether oxygens (including phenoxy) is 1. The summed E-state index contributed by atoms with van der Waals surface area (Å²) in [7, 11) is 0. The van der Waals surface area contributed by atoms with Crippen molar-refractivity contribution >= 4 is 46.2 Å². The molecule has 3 rings (SSSR count). The summed E-state index contributed by atoms with van der Waals surface area (Å²) < 4.78 is 6.17. The smallest absolute Gasteiger partial charge is 0.266 e. The molecule has 0 aliphatic carbocycles. The van der Waals surface area contributed by atoms with Crippen LogP contribution in [0, 0.1) is 0 Å². The number of hydrogen-bond acceptors (Lipinski definition) is 5. The van der Waals surface area contributed by atoms with E-state index in [0.717, 1.165) is 31.5 Å². The Morgan fingerprint density at radius 3 is 2.50 bits per heavy atom. The van der Waals surface area contributed by atoms with E-state index in [4.69, 9.17) is 17.0 Å². The quantitative estimate of drug-likeness (QED) is 0.570. The molecule has 26 heavy (non-hydrogen) atoms. The van der Waals surface area contributed by atoms with Gasteiger partial charge in [-0.1, -0.05) is 36.1 Å². The van der Waals surface area contributed by atoms with Crippen molar-refractivity contribution in [3.8, 4) is 5.75 Å². The summed E-state index contributed by atoms with van der Waals surface area (Å²) in [6.45, 7) is 5.62. The third kappa shape index (κ3) is 4.27. The Hall–Kier alpha value is -1.86. The van der Waals surface area contributed by atoms with Gasteiger partial charge in [-0.2, -0.15) is 0 Å². The molecular weight excluding hydrogens is 368 g/mol. The summed E-state index contributed by atoms with van der Waals surface area (Å²) >= 11 is 6.61. The summed E-state index contributed by atoms with van der Waals surface area (Å²) in [4.78, 5) is 28.5. The van der Waals surface area contributed by atoms with Crippen LogP contribution >= 0.6 is 24.0 Å². The molecule has 2 aliphatic heterocycles. The van der Waals surface area contributed by atoms with Gasteiger partial charge in [0.25, 0.3) is 11.8 Å². The van der Waals surface area contributed by atoms with Crippen LogP contribution in [0.4, 0.5) is 0 Å². The van der Waals surface area contributed by atoms with Crippen molar-refractivity contribution in [3.63, 3.8) is 0 Å². The molecule has 0 radical (unpaired) electrons.